The van der Waals surface area contributed by atoms with Crippen LogP contribution in [-0.2, 0) is 0 Å². The molecule has 0 aromatic heterocycles. The summed E-state index contributed by atoms with van der Waals surface area (Å²) in [4.78, 5) is 0. The van der Waals surface area contributed by atoms with Gasteiger partial charge in [-0.15, -0.1) is 0 Å². The molecule has 0 aromatic rings. The molecule has 0 bridgehead atoms. The smallest absolute Gasteiger partial charge is 0.0386 e. The molecule has 0 spiro atoms. The highest BCUT2D eigenvalue weighted by Crippen LogP contribution is 2.13. The van der Waals surface area contributed by atoms with Crippen molar-refractivity contribution < 1.29 is 0 Å². The maximum Gasteiger partial charge on any atom is -0.0386 e. The first-order valence-electron chi connectivity index (χ1n) is 5.48. The van der Waals surface area contributed by atoms with Crippen LogP contribution in [0.3, 0.4) is 0 Å². The Bertz CT molecular complexity index is 84.0. The van der Waals surface area contributed by atoms with Crippen LogP contribution < -0.4 is 0 Å². The van der Waals surface area contributed by atoms with E-state index in [0.717, 1.165) is 11.8 Å². The monoisotopic (exact) mass is 169 g/mol. The third-order valence-corrected chi connectivity index (χ3v) is 2.51. The predicted molar refractivity (Wildman–Crippen MR) is 57.1 cm³/mol. The van der Waals surface area contributed by atoms with Crippen molar-refractivity contribution in [2.75, 3.05) is 0 Å². The average molecular weight is 169 g/mol. The summed E-state index contributed by atoms with van der Waals surface area (Å²) >= 11 is 0. The highest BCUT2D eigenvalue weighted by atomic mass is 14.0. The van der Waals surface area contributed by atoms with Gasteiger partial charge < -0.3 is 0 Å². The summed E-state index contributed by atoms with van der Waals surface area (Å²) < 4.78 is 0. The van der Waals surface area contributed by atoms with Crippen LogP contribution in [-0.4, -0.2) is 0 Å². The maximum atomic E-state index is 2.46. The van der Waals surface area contributed by atoms with Crippen LogP contribution in [0.15, 0.2) is 0 Å². The van der Waals surface area contributed by atoms with Crippen molar-refractivity contribution >= 4 is 0 Å². The molecule has 12 heavy (non-hydrogen) atoms. The molecule has 0 saturated carbocycles. The van der Waals surface area contributed by atoms with E-state index in [1.807, 2.05) is 0 Å². The van der Waals surface area contributed by atoms with Crippen LogP contribution in [0.5, 0.6) is 0 Å². The fourth-order valence-corrected chi connectivity index (χ4v) is 1.20. The van der Waals surface area contributed by atoms with Crippen LogP contribution in [0, 0.1) is 18.3 Å². The molecule has 1 atom stereocenters. The molecule has 1 unspecified atom stereocenters. The Morgan fingerprint density at radius 2 is 1.58 bits per heavy atom. The van der Waals surface area contributed by atoms with E-state index in [9.17, 15) is 0 Å². The van der Waals surface area contributed by atoms with Gasteiger partial charge in [-0.25, -0.2) is 0 Å². The molecule has 0 fully saturated rings. The molecule has 0 aliphatic rings. The van der Waals surface area contributed by atoms with E-state index < -0.39 is 0 Å². The van der Waals surface area contributed by atoms with Crippen molar-refractivity contribution in [2.24, 2.45) is 11.8 Å². The average Bonchev–Trinajstić information content (AvgIpc) is 2.03. The Morgan fingerprint density at radius 3 is 2.08 bits per heavy atom. The molecule has 0 aliphatic carbocycles. The van der Waals surface area contributed by atoms with E-state index in [2.05, 4.69) is 34.1 Å². The van der Waals surface area contributed by atoms with Gasteiger partial charge >= 0.3 is 0 Å². The first-order chi connectivity index (χ1) is 5.66. The van der Waals surface area contributed by atoms with Gasteiger partial charge in [0.1, 0.15) is 0 Å². The molecule has 0 saturated heterocycles. The second-order valence-corrected chi connectivity index (χ2v) is 4.35. The van der Waals surface area contributed by atoms with Crippen LogP contribution in [0.4, 0.5) is 0 Å². The van der Waals surface area contributed by atoms with E-state index in [1.165, 1.54) is 32.1 Å². The van der Waals surface area contributed by atoms with Crippen molar-refractivity contribution in [3.05, 3.63) is 6.42 Å². The van der Waals surface area contributed by atoms with Gasteiger partial charge in [-0.05, 0) is 31.1 Å². The largest absolute Gasteiger partial charge is 0.0651 e. The molecule has 73 valence electrons. The van der Waals surface area contributed by atoms with E-state index in [-0.39, 0.29) is 0 Å². The third-order valence-electron chi connectivity index (χ3n) is 2.51. The van der Waals surface area contributed by atoms with Gasteiger partial charge in [0.2, 0.25) is 0 Å². The number of rotatable bonds is 7. The van der Waals surface area contributed by atoms with Crippen molar-refractivity contribution in [2.45, 2.75) is 59.8 Å². The minimum Gasteiger partial charge on any atom is -0.0651 e. The van der Waals surface area contributed by atoms with Crippen LogP contribution in [0.2, 0.25) is 0 Å². The van der Waals surface area contributed by atoms with E-state index in [4.69, 9.17) is 0 Å². The van der Waals surface area contributed by atoms with Gasteiger partial charge in [-0.1, -0.05) is 47.0 Å². The fraction of sp³-hybridized carbons (Fsp3) is 0.917. The van der Waals surface area contributed by atoms with E-state index >= 15 is 0 Å². The summed E-state index contributed by atoms with van der Waals surface area (Å²) in [5.41, 5.74) is 0. The fourth-order valence-electron chi connectivity index (χ4n) is 1.20. The normalized spacial score (nSPS) is 13.8. The van der Waals surface area contributed by atoms with Crippen LogP contribution >= 0.6 is 0 Å². The first kappa shape index (κ1) is 12.0. The molecule has 0 heteroatoms. The number of hydrogen-bond donors (Lipinski definition) is 0. The molecule has 0 heterocycles. The Balaban J connectivity index is 3.00. The first-order valence-corrected chi connectivity index (χ1v) is 5.48. The van der Waals surface area contributed by atoms with Crippen molar-refractivity contribution in [1.29, 1.82) is 0 Å². The SMILES string of the molecule is CCC(C)CC[CH]CCC(C)C. The lowest BCUT2D eigenvalue weighted by Crippen LogP contribution is -1.93. The second kappa shape index (κ2) is 7.64. The zero-order valence-corrected chi connectivity index (χ0v) is 9.27. The molecule has 0 aliphatic heterocycles. The van der Waals surface area contributed by atoms with Crippen LogP contribution in [0.25, 0.3) is 0 Å². The minimum absolute atomic E-state index is 0.866. The molecule has 0 rings (SSSR count). The van der Waals surface area contributed by atoms with Gasteiger partial charge in [0.15, 0.2) is 0 Å². The van der Waals surface area contributed by atoms with E-state index in [1.54, 1.807) is 0 Å². The van der Waals surface area contributed by atoms with Crippen LogP contribution in [0.1, 0.15) is 59.8 Å². The summed E-state index contributed by atoms with van der Waals surface area (Å²) in [5.74, 6) is 1.78. The summed E-state index contributed by atoms with van der Waals surface area (Å²) in [6.07, 6.45) is 9.18. The lowest BCUT2D eigenvalue weighted by Gasteiger charge is -2.07. The predicted octanol–water partition coefficient (Wildman–Crippen LogP) is 4.45. The van der Waals surface area contributed by atoms with Gasteiger partial charge in [-0.3, -0.25) is 0 Å². The van der Waals surface area contributed by atoms with E-state index in [0.29, 0.717) is 0 Å². The van der Waals surface area contributed by atoms with Gasteiger partial charge in [-0.2, -0.15) is 0 Å². The van der Waals surface area contributed by atoms with Gasteiger partial charge in [0.25, 0.3) is 0 Å². The zero-order chi connectivity index (χ0) is 9.40. The molecule has 0 aromatic carbocycles. The Labute approximate surface area is 78.8 Å². The lowest BCUT2D eigenvalue weighted by atomic mass is 9.99. The number of hydrogen-bond acceptors (Lipinski definition) is 0. The lowest BCUT2D eigenvalue weighted by molar-refractivity contribution is 0.499. The molecule has 0 N–H and O–H groups in total. The third kappa shape index (κ3) is 8.10. The summed E-state index contributed by atoms with van der Waals surface area (Å²) in [5, 5.41) is 0. The highest BCUT2D eigenvalue weighted by Gasteiger charge is 1.98. The Kier molecular flexibility index (Phi) is 7.64. The van der Waals surface area contributed by atoms with Gasteiger partial charge in [0.05, 0.1) is 0 Å². The molecular formula is C12H25. The van der Waals surface area contributed by atoms with Crippen molar-refractivity contribution in [3.63, 3.8) is 0 Å². The van der Waals surface area contributed by atoms with Crippen molar-refractivity contribution in [1.82, 2.24) is 0 Å². The Morgan fingerprint density at radius 1 is 1.00 bits per heavy atom. The zero-order valence-electron chi connectivity index (χ0n) is 9.27. The minimum atomic E-state index is 0.866. The second-order valence-electron chi connectivity index (χ2n) is 4.35. The summed E-state index contributed by atoms with van der Waals surface area (Å²) in [6, 6.07) is 0. The molecule has 0 amide bonds. The summed E-state index contributed by atoms with van der Waals surface area (Å²) in [6.45, 7) is 9.21. The Hall–Kier alpha value is 0. The quantitative estimate of drug-likeness (QED) is 0.494. The molecular weight excluding hydrogens is 144 g/mol. The standard InChI is InChI=1S/C12H25/c1-5-12(4)10-8-6-7-9-11(2)3/h6,11-12H,5,7-10H2,1-4H3. The maximum absolute atomic E-state index is 2.46. The summed E-state index contributed by atoms with van der Waals surface area (Å²) in [7, 11) is 0. The van der Waals surface area contributed by atoms with Gasteiger partial charge in [0, 0.05) is 0 Å². The molecule has 1 radical (unpaired) electrons. The molecule has 0 nitrogen and oxygen atoms in total. The number of unbranched alkanes of at least 4 members (excludes halogenated alkanes) is 2. The topological polar surface area (TPSA) is 0 Å². The van der Waals surface area contributed by atoms with Crippen molar-refractivity contribution in [3.8, 4) is 0 Å². The highest BCUT2D eigenvalue weighted by molar-refractivity contribution is 4.67.